The Hall–Kier alpha value is -4.08. The molecule has 3 heterocycles. The lowest BCUT2D eigenvalue weighted by atomic mass is 9.79. The van der Waals surface area contributed by atoms with Crippen molar-refractivity contribution in [3.8, 4) is 0 Å². The molecule has 1 N–H and O–H groups in total. The molecule has 0 spiro atoms. The minimum atomic E-state index is -1.46. The summed E-state index contributed by atoms with van der Waals surface area (Å²) in [6, 6.07) is 9.44. The maximum atomic E-state index is 13.8. The number of carbonyl (C=O) groups excluding carboxylic acids is 6. The molecule has 3 fully saturated rings. The molecule has 0 aliphatic carbocycles. The van der Waals surface area contributed by atoms with Gasteiger partial charge in [0.05, 0.1) is 43.5 Å². The number of esters is 5. The first-order valence-corrected chi connectivity index (χ1v) is 26.3. The second-order valence-electron chi connectivity index (χ2n) is 20.5. The Labute approximate surface area is 432 Å². The van der Waals surface area contributed by atoms with Crippen molar-refractivity contribution in [3.05, 3.63) is 35.9 Å². The Balaban J connectivity index is 1.72. The van der Waals surface area contributed by atoms with E-state index in [-0.39, 0.29) is 38.2 Å². The summed E-state index contributed by atoms with van der Waals surface area (Å²) in [5.74, 6) is -4.98. The van der Waals surface area contributed by atoms with E-state index in [9.17, 15) is 33.9 Å². The number of cyclic esters (lactones) is 1. The third kappa shape index (κ3) is 18.3. The van der Waals surface area contributed by atoms with Gasteiger partial charge < -0.3 is 62.2 Å². The van der Waals surface area contributed by atoms with Crippen molar-refractivity contribution in [2.24, 2.45) is 17.8 Å². The fourth-order valence-corrected chi connectivity index (χ4v) is 10.8. The highest BCUT2D eigenvalue weighted by Crippen LogP contribution is 2.41. The maximum Gasteiger partial charge on any atom is 0.315 e. The number of aryl methyl sites for hydroxylation is 1. The number of unbranched alkanes of at least 4 members (excludes halogenated alkanes) is 1. The van der Waals surface area contributed by atoms with Crippen molar-refractivity contribution in [1.82, 2.24) is 9.80 Å². The van der Waals surface area contributed by atoms with E-state index in [0.29, 0.717) is 25.9 Å². The molecule has 3 aliphatic rings. The van der Waals surface area contributed by atoms with Gasteiger partial charge in [0, 0.05) is 46.8 Å². The number of ether oxygens (including phenoxy) is 10. The number of aliphatic hydroxyl groups is 1. The van der Waals surface area contributed by atoms with Gasteiger partial charge >= 0.3 is 29.8 Å². The van der Waals surface area contributed by atoms with Crippen LogP contribution in [0.4, 0.5) is 0 Å². The summed E-state index contributed by atoms with van der Waals surface area (Å²) < 4.78 is 61.6. The van der Waals surface area contributed by atoms with Crippen molar-refractivity contribution in [1.29, 1.82) is 0 Å². The van der Waals surface area contributed by atoms with Crippen LogP contribution in [0.25, 0.3) is 0 Å². The molecule has 19 nitrogen and oxygen atoms in total. The summed E-state index contributed by atoms with van der Waals surface area (Å²) in [5, 5.41) is 12.4. The van der Waals surface area contributed by atoms with Crippen molar-refractivity contribution >= 4 is 36.1 Å². The molecule has 19 heteroatoms. The Morgan fingerprint density at radius 2 is 1.63 bits per heavy atom. The highest BCUT2D eigenvalue weighted by molar-refractivity contribution is 5.76. The van der Waals surface area contributed by atoms with Crippen LogP contribution in [0.2, 0.25) is 0 Å². The molecule has 0 saturated carbocycles. The predicted molar refractivity (Wildman–Crippen MR) is 267 cm³/mol. The summed E-state index contributed by atoms with van der Waals surface area (Å²) >= 11 is 0. The number of methoxy groups -OCH3 is 1. The smallest absolute Gasteiger partial charge is 0.315 e. The Kier molecular flexibility index (Phi) is 25.1. The molecule has 4 rings (SSSR count). The predicted octanol–water partition coefficient (Wildman–Crippen LogP) is 5.37. The van der Waals surface area contributed by atoms with E-state index >= 15 is 0 Å². The summed E-state index contributed by atoms with van der Waals surface area (Å²) in [7, 11) is 4.88. The number of likely N-dealkylation sites (N-methyl/N-ethyl adjacent to an activating group) is 1. The fraction of sp³-hybridized carbons (Fsp3) is 0.778. The van der Waals surface area contributed by atoms with Crippen LogP contribution in [-0.2, 0) is 82.6 Å². The maximum absolute atomic E-state index is 13.8. The molecule has 0 amide bonds. The number of rotatable bonds is 19. The van der Waals surface area contributed by atoms with Gasteiger partial charge in [-0.2, -0.15) is 0 Å². The number of benzene rings is 1. The third-order valence-corrected chi connectivity index (χ3v) is 14.2. The monoisotopic (exact) mass is 1030 g/mol. The first kappa shape index (κ1) is 61.5. The normalized spacial score (nSPS) is 34.3. The Morgan fingerprint density at radius 1 is 0.918 bits per heavy atom. The molecule has 3 saturated heterocycles. The summed E-state index contributed by atoms with van der Waals surface area (Å²) in [6.45, 7) is 16.6. The van der Waals surface area contributed by atoms with Crippen LogP contribution in [0.5, 0.6) is 0 Å². The Bertz CT molecular complexity index is 1890. The SMILES string of the molecule is CCOC(=O)[C@H]1[C@H](C)O[C@@H](O[C@H]2[C@H](N(C)C)[C@@H](O)[C@H](O[C@H]3[C@@H](CC=O)C[C@@H](C)[C@@H](OC(C)=O)CN(CCCCc4ccccc4)CCC[C@@H](C)OC(=O)C[C@@H](OC(=O)CC)[C@@H]3OC)O[C@@H]2C)C[C@@]1(C)OC(C)=O. The quantitative estimate of drug-likeness (QED) is 0.0796. The van der Waals surface area contributed by atoms with Crippen molar-refractivity contribution in [2.75, 3.05) is 47.4 Å². The van der Waals surface area contributed by atoms with Gasteiger partial charge in [0.1, 0.15) is 48.3 Å². The van der Waals surface area contributed by atoms with E-state index < -0.39 is 127 Å². The van der Waals surface area contributed by atoms with E-state index in [2.05, 4.69) is 17.0 Å². The molecule has 0 bridgehead atoms. The summed E-state index contributed by atoms with van der Waals surface area (Å²) in [5.41, 5.74) is -0.123. The molecular formula is C54H86N2O17. The number of hydrogen-bond donors (Lipinski definition) is 1. The average Bonchev–Trinajstić information content (AvgIpc) is 3.30. The van der Waals surface area contributed by atoms with E-state index in [4.69, 9.17) is 47.4 Å². The lowest BCUT2D eigenvalue weighted by Gasteiger charge is -2.50. The minimum Gasteiger partial charge on any atom is -0.466 e. The van der Waals surface area contributed by atoms with Crippen LogP contribution in [0.3, 0.4) is 0 Å². The van der Waals surface area contributed by atoms with Crippen LogP contribution in [0, 0.1) is 17.8 Å². The standard InChI is InChI=1S/C54H86N2O17/c1-13-43(60)70-41-30-44(61)66-34(4)21-20-27-56(26-19-18-24-39-22-16-15-17-23-39)32-42(69-37(7)58)33(3)29-40(25-28-57)50(51(41)64-12)72-53-48(62)47(55(10)11)49(36(6)68-53)71-45-31-54(9,73-38(8)59)46(35(5)67-45)52(63)65-14-2/h15-17,22-23,28,33-36,40-42,45-51,53,62H,13-14,18-21,24-27,29-32H2,1-12H3/t33-,34-,35+,36-,40+,41-,42+,45+,46-,47-,48-,49-,50+,51+,53+,54-/m1/s1. The van der Waals surface area contributed by atoms with E-state index in [1.165, 1.54) is 26.5 Å². The van der Waals surface area contributed by atoms with Crippen molar-refractivity contribution in [3.63, 3.8) is 0 Å². The number of hydrogen-bond acceptors (Lipinski definition) is 19. The van der Waals surface area contributed by atoms with Gasteiger partial charge in [-0.25, -0.2) is 0 Å². The molecule has 1 aromatic carbocycles. The second kappa shape index (κ2) is 29.9. The summed E-state index contributed by atoms with van der Waals surface area (Å²) in [4.78, 5) is 82.3. The van der Waals surface area contributed by atoms with Gasteiger partial charge in [-0.3, -0.25) is 28.9 Å². The second-order valence-corrected chi connectivity index (χ2v) is 20.5. The lowest BCUT2D eigenvalue weighted by molar-refractivity contribution is -0.341. The first-order chi connectivity index (χ1) is 34.6. The lowest BCUT2D eigenvalue weighted by Crippen LogP contribution is -2.66. The minimum absolute atomic E-state index is 0.0214. The van der Waals surface area contributed by atoms with Gasteiger partial charge in [-0.05, 0) is 118 Å². The van der Waals surface area contributed by atoms with Gasteiger partial charge in [-0.1, -0.05) is 44.2 Å². The highest BCUT2D eigenvalue weighted by Gasteiger charge is 2.55. The zero-order valence-electron chi connectivity index (χ0n) is 45.4. The fourth-order valence-electron chi connectivity index (χ4n) is 10.8. The van der Waals surface area contributed by atoms with Crippen LogP contribution in [0.1, 0.15) is 126 Å². The van der Waals surface area contributed by atoms with Gasteiger partial charge in [0.15, 0.2) is 12.6 Å². The number of aldehydes is 1. The average molecular weight is 1040 g/mol. The Morgan fingerprint density at radius 3 is 2.25 bits per heavy atom. The van der Waals surface area contributed by atoms with Gasteiger partial charge in [0.2, 0.25) is 0 Å². The van der Waals surface area contributed by atoms with Crippen LogP contribution >= 0.6 is 0 Å². The third-order valence-electron chi connectivity index (χ3n) is 14.2. The zero-order valence-corrected chi connectivity index (χ0v) is 45.4. The van der Waals surface area contributed by atoms with Crippen LogP contribution in [0.15, 0.2) is 30.3 Å². The van der Waals surface area contributed by atoms with E-state index in [0.717, 1.165) is 32.1 Å². The van der Waals surface area contributed by atoms with E-state index in [1.54, 1.807) is 53.6 Å². The molecule has 16 atom stereocenters. The molecule has 3 aliphatic heterocycles. The van der Waals surface area contributed by atoms with Gasteiger partial charge in [-0.15, -0.1) is 0 Å². The first-order valence-electron chi connectivity index (χ1n) is 26.3. The van der Waals surface area contributed by atoms with Crippen molar-refractivity contribution in [2.45, 2.75) is 206 Å². The zero-order chi connectivity index (χ0) is 54.0. The number of carbonyl (C=O) groups is 6. The number of nitrogens with zero attached hydrogens (tertiary/aromatic N) is 2. The molecule has 0 aromatic heterocycles. The molecule has 414 valence electrons. The molecule has 73 heavy (non-hydrogen) atoms. The summed E-state index contributed by atoms with van der Waals surface area (Å²) in [6.07, 6.45) is -6.90. The largest absolute Gasteiger partial charge is 0.466 e. The molecular weight excluding hydrogens is 949 g/mol. The van der Waals surface area contributed by atoms with Gasteiger partial charge in [0.25, 0.3) is 0 Å². The highest BCUT2D eigenvalue weighted by atomic mass is 16.7. The van der Waals surface area contributed by atoms with E-state index in [1.807, 2.05) is 32.0 Å². The molecule has 0 radical (unpaired) electrons. The number of aliphatic hydroxyl groups excluding tert-OH is 1. The van der Waals surface area contributed by atoms with Crippen molar-refractivity contribution < 1.29 is 81.2 Å². The topological polar surface area (TPSA) is 221 Å². The van der Waals surface area contributed by atoms with Crippen LogP contribution in [-0.4, -0.2) is 178 Å². The molecule has 1 aromatic rings. The molecule has 0 unspecified atom stereocenters. The van der Waals surface area contributed by atoms with Crippen LogP contribution < -0.4 is 0 Å².